The van der Waals surface area contributed by atoms with Crippen LogP contribution in [-0.2, 0) is 28.6 Å². The lowest BCUT2D eigenvalue weighted by atomic mass is 10.0. The Morgan fingerprint density at radius 2 is 0.476 bits per heavy atom. The molecule has 82 heavy (non-hydrogen) atoms. The Morgan fingerprint density at radius 3 is 0.768 bits per heavy atom. The maximum Gasteiger partial charge on any atom is 0.306 e. The van der Waals surface area contributed by atoms with E-state index < -0.39 is 6.10 Å². The largest absolute Gasteiger partial charge is 0.462 e. The third-order valence-electron chi connectivity index (χ3n) is 15.0. The second kappa shape index (κ2) is 69.6. The number of carbonyl (C=O) groups is 3. The van der Waals surface area contributed by atoms with Crippen molar-refractivity contribution in [2.75, 3.05) is 13.2 Å². The van der Waals surface area contributed by atoms with Gasteiger partial charge in [-0.25, -0.2) is 0 Å². The molecule has 0 rings (SSSR count). The summed E-state index contributed by atoms with van der Waals surface area (Å²) >= 11 is 0. The van der Waals surface area contributed by atoms with Gasteiger partial charge in [0.1, 0.15) is 13.2 Å². The van der Waals surface area contributed by atoms with Gasteiger partial charge in [-0.1, -0.05) is 316 Å². The minimum absolute atomic E-state index is 0.0930. The average Bonchev–Trinajstić information content (AvgIpc) is 3.47. The van der Waals surface area contributed by atoms with Crippen molar-refractivity contribution in [2.24, 2.45) is 0 Å². The topological polar surface area (TPSA) is 78.9 Å². The summed E-state index contributed by atoms with van der Waals surface area (Å²) in [5, 5.41) is 0. The highest BCUT2D eigenvalue weighted by Gasteiger charge is 2.19. The van der Waals surface area contributed by atoms with E-state index in [1.165, 1.54) is 186 Å². The van der Waals surface area contributed by atoms with Crippen LogP contribution in [0.1, 0.15) is 335 Å². The molecule has 0 aliphatic carbocycles. The molecule has 0 aliphatic rings. The van der Waals surface area contributed by atoms with Crippen LogP contribution in [0, 0.1) is 0 Å². The van der Waals surface area contributed by atoms with Crippen LogP contribution in [-0.4, -0.2) is 37.2 Å². The van der Waals surface area contributed by atoms with E-state index in [2.05, 4.69) is 130 Å². The quantitative estimate of drug-likeness (QED) is 0.0261. The zero-order valence-electron chi connectivity index (χ0n) is 54.0. The molecular weight excluding hydrogens is 1010 g/mol. The zero-order chi connectivity index (χ0) is 59.2. The highest BCUT2D eigenvalue weighted by molar-refractivity contribution is 5.71. The molecule has 0 aromatic rings. The van der Waals surface area contributed by atoms with Crippen LogP contribution in [0.3, 0.4) is 0 Å². The van der Waals surface area contributed by atoms with Gasteiger partial charge in [-0.2, -0.15) is 0 Å². The van der Waals surface area contributed by atoms with Crippen molar-refractivity contribution in [2.45, 2.75) is 341 Å². The molecule has 6 nitrogen and oxygen atoms in total. The molecule has 0 heterocycles. The minimum Gasteiger partial charge on any atom is -0.462 e. The van der Waals surface area contributed by atoms with Gasteiger partial charge >= 0.3 is 17.9 Å². The van der Waals surface area contributed by atoms with Gasteiger partial charge in [-0.3, -0.25) is 14.4 Å². The molecular formula is C76H130O6. The number of hydrogen-bond donors (Lipinski definition) is 0. The van der Waals surface area contributed by atoms with E-state index >= 15 is 0 Å². The van der Waals surface area contributed by atoms with Crippen molar-refractivity contribution in [3.05, 3.63) is 109 Å². The second-order valence-electron chi connectivity index (χ2n) is 23.1. The molecule has 0 aliphatic heterocycles. The van der Waals surface area contributed by atoms with Gasteiger partial charge in [-0.05, 0) is 109 Å². The number of rotatable bonds is 63. The molecule has 6 heteroatoms. The first-order valence-corrected chi connectivity index (χ1v) is 34.9. The van der Waals surface area contributed by atoms with E-state index in [9.17, 15) is 14.4 Å². The molecule has 0 spiro atoms. The Bertz CT molecular complexity index is 1640. The molecule has 0 saturated heterocycles. The van der Waals surface area contributed by atoms with Crippen LogP contribution >= 0.6 is 0 Å². The molecule has 0 N–H and O–H groups in total. The normalized spacial score (nSPS) is 12.8. The summed E-state index contributed by atoms with van der Waals surface area (Å²) in [5.41, 5.74) is 0. The molecule has 0 bridgehead atoms. The Kier molecular flexibility index (Phi) is 66.2. The molecule has 0 radical (unpaired) electrons. The number of esters is 3. The first kappa shape index (κ1) is 78.1. The first-order chi connectivity index (χ1) is 40.5. The summed E-state index contributed by atoms with van der Waals surface area (Å²) in [6.45, 7) is 6.49. The maximum absolute atomic E-state index is 12.9. The van der Waals surface area contributed by atoms with E-state index in [-0.39, 0.29) is 37.5 Å². The summed E-state index contributed by atoms with van der Waals surface area (Å²) in [6, 6.07) is 0. The summed E-state index contributed by atoms with van der Waals surface area (Å²) in [5.74, 6) is -0.927. The van der Waals surface area contributed by atoms with Crippen LogP contribution < -0.4 is 0 Å². The van der Waals surface area contributed by atoms with Crippen LogP contribution in [0.2, 0.25) is 0 Å². The lowest BCUT2D eigenvalue weighted by molar-refractivity contribution is -0.167. The number of carbonyl (C=O) groups excluding carboxylic acids is 3. The van der Waals surface area contributed by atoms with Crippen molar-refractivity contribution in [3.8, 4) is 0 Å². The lowest BCUT2D eigenvalue weighted by Gasteiger charge is -2.18. The number of unbranched alkanes of at least 4 members (excludes halogenated alkanes) is 34. The summed E-state index contributed by atoms with van der Waals surface area (Å²) in [7, 11) is 0. The molecule has 470 valence electrons. The average molecular weight is 1140 g/mol. The monoisotopic (exact) mass is 1140 g/mol. The van der Waals surface area contributed by atoms with Crippen molar-refractivity contribution in [1.29, 1.82) is 0 Å². The molecule has 0 amide bonds. The van der Waals surface area contributed by atoms with E-state index in [0.29, 0.717) is 19.3 Å². The number of hydrogen-bond acceptors (Lipinski definition) is 6. The summed E-state index contributed by atoms with van der Waals surface area (Å²) < 4.78 is 16.9. The van der Waals surface area contributed by atoms with Gasteiger partial charge in [0.25, 0.3) is 0 Å². The van der Waals surface area contributed by atoms with E-state index in [0.717, 1.165) is 103 Å². The highest BCUT2D eigenvalue weighted by Crippen LogP contribution is 2.17. The van der Waals surface area contributed by atoms with E-state index in [1.54, 1.807) is 0 Å². The predicted molar refractivity (Wildman–Crippen MR) is 357 cm³/mol. The third kappa shape index (κ3) is 66.9. The van der Waals surface area contributed by atoms with Crippen LogP contribution in [0.15, 0.2) is 109 Å². The molecule has 1 unspecified atom stereocenters. The van der Waals surface area contributed by atoms with Crippen LogP contribution in [0.5, 0.6) is 0 Å². The standard InChI is InChI=1S/C76H130O6/c1-4-7-10-13-16-19-22-24-26-28-30-32-33-34-35-36-37-38-39-40-41-42-43-45-46-48-50-52-54-57-60-63-66-69-75(78)81-72-73(71-80-74(77)68-65-62-59-56-21-18-15-12-9-6-3)82-76(79)70-67-64-61-58-55-53-51-49-47-44-31-29-27-25-23-20-17-14-11-8-5-2/h8,11,17,20,22,24-25,27-28,30-31,33-34,44,49,51,55,58,73H,4-7,9-10,12-16,18-19,21,23,26,29,32,35-43,45-48,50,52-54,56-57,59-72H2,1-3H3/b11-8-,20-17-,24-22-,27-25-,30-28-,34-33-,44-31-,51-49-,58-55-. The van der Waals surface area contributed by atoms with Gasteiger partial charge in [0, 0.05) is 19.3 Å². The third-order valence-corrected chi connectivity index (χ3v) is 15.0. The fourth-order valence-corrected chi connectivity index (χ4v) is 9.81. The highest BCUT2D eigenvalue weighted by atomic mass is 16.6. The zero-order valence-corrected chi connectivity index (χ0v) is 54.0. The van der Waals surface area contributed by atoms with Gasteiger partial charge < -0.3 is 14.2 Å². The van der Waals surface area contributed by atoms with Gasteiger partial charge in [0.15, 0.2) is 6.10 Å². The molecule has 1 atom stereocenters. The Hall–Kier alpha value is -3.93. The fourth-order valence-electron chi connectivity index (χ4n) is 9.81. The van der Waals surface area contributed by atoms with Gasteiger partial charge in [-0.15, -0.1) is 0 Å². The molecule has 0 saturated carbocycles. The number of ether oxygens (including phenoxy) is 3. The maximum atomic E-state index is 12.9. The van der Waals surface area contributed by atoms with Crippen molar-refractivity contribution in [3.63, 3.8) is 0 Å². The number of allylic oxidation sites excluding steroid dienone is 18. The van der Waals surface area contributed by atoms with Crippen molar-refractivity contribution in [1.82, 2.24) is 0 Å². The lowest BCUT2D eigenvalue weighted by Crippen LogP contribution is -2.30. The van der Waals surface area contributed by atoms with Crippen molar-refractivity contribution >= 4 is 17.9 Å². The van der Waals surface area contributed by atoms with E-state index in [4.69, 9.17) is 14.2 Å². The van der Waals surface area contributed by atoms with Crippen LogP contribution in [0.25, 0.3) is 0 Å². The fraction of sp³-hybridized carbons (Fsp3) is 0.724. The van der Waals surface area contributed by atoms with Crippen LogP contribution in [0.4, 0.5) is 0 Å². The van der Waals surface area contributed by atoms with Gasteiger partial charge in [0.2, 0.25) is 0 Å². The molecule has 0 aromatic carbocycles. The van der Waals surface area contributed by atoms with E-state index in [1.807, 2.05) is 0 Å². The smallest absolute Gasteiger partial charge is 0.306 e. The SMILES string of the molecule is CC/C=C\C/C=C\C/C=C\C/C=C\C/C=C\C/C=C\CCCCC(=O)OC(COC(=O)CCCCCCCCCCCC)COC(=O)CCCCCCCCCCCCCCCCCCCC/C=C\C/C=C\C/C=C\CCCCCCC. The Labute approximate surface area is 508 Å². The summed E-state index contributed by atoms with van der Waals surface area (Å²) in [6.07, 6.45) is 95.6. The van der Waals surface area contributed by atoms with Gasteiger partial charge in [0.05, 0.1) is 0 Å². The first-order valence-electron chi connectivity index (χ1n) is 34.9. The second-order valence-corrected chi connectivity index (χ2v) is 23.1. The molecule has 0 aromatic heterocycles. The summed E-state index contributed by atoms with van der Waals surface area (Å²) in [4.78, 5) is 38.3. The van der Waals surface area contributed by atoms with Crippen molar-refractivity contribution < 1.29 is 28.6 Å². The Balaban J connectivity index is 4.19. The minimum atomic E-state index is -0.800. The predicted octanol–water partition coefficient (Wildman–Crippen LogP) is 24.2. The Morgan fingerprint density at radius 1 is 0.256 bits per heavy atom. The molecule has 0 fully saturated rings.